The van der Waals surface area contributed by atoms with Crippen LogP contribution in [-0.2, 0) is 4.79 Å². The Bertz CT molecular complexity index is 372. The van der Waals surface area contributed by atoms with Crippen molar-refractivity contribution < 1.29 is 9.90 Å². The highest BCUT2D eigenvalue weighted by Crippen LogP contribution is 2.22. The fourth-order valence-corrected chi connectivity index (χ4v) is 1.65. The number of hydrogen-bond acceptors (Lipinski definition) is 3. The fraction of sp³-hybridized carbons (Fsp3) is 0.600. The Hall–Kier alpha value is -1.36. The number of nitrogens with zero attached hydrogens (tertiary/aromatic N) is 2. The van der Waals surface area contributed by atoms with Crippen molar-refractivity contribution in [3.05, 3.63) is 11.8 Å². The lowest BCUT2D eigenvalue weighted by atomic mass is 10.1. The van der Waals surface area contributed by atoms with E-state index in [1.54, 1.807) is 0 Å². The van der Waals surface area contributed by atoms with E-state index in [9.17, 15) is 9.90 Å². The molecule has 2 rings (SSSR count). The Morgan fingerprint density at radius 2 is 2.40 bits per heavy atom. The average Bonchev–Trinajstić information content (AvgIpc) is 2.76. The Labute approximate surface area is 88.1 Å². The molecule has 0 aromatic carbocycles. The Morgan fingerprint density at radius 3 is 2.87 bits per heavy atom. The number of anilines is 1. The van der Waals surface area contributed by atoms with E-state index in [-0.39, 0.29) is 5.91 Å². The van der Waals surface area contributed by atoms with Gasteiger partial charge >= 0.3 is 0 Å². The largest absolute Gasteiger partial charge is 0.383 e. The van der Waals surface area contributed by atoms with E-state index in [4.69, 9.17) is 0 Å². The van der Waals surface area contributed by atoms with Gasteiger partial charge in [-0.1, -0.05) is 13.8 Å². The van der Waals surface area contributed by atoms with Crippen LogP contribution in [-0.4, -0.2) is 33.9 Å². The molecule has 0 saturated carbocycles. The van der Waals surface area contributed by atoms with E-state index in [1.165, 1.54) is 4.90 Å². The molecule has 2 heterocycles. The first kappa shape index (κ1) is 10.2. The van der Waals surface area contributed by atoms with Crippen LogP contribution in [0.5, 0.6) is 0 Å². The predicted molar refractivity (Wildman–Crippen MR) is 55.7 cm³/mol. The number of rotatable bonds is 2. The fourth-order valence-electron chi connectivity index (χ4n) is 1.65. The van der Waals surface area contributed by atoms with Gasteiger partial charge in [-0.15, -0.1) is 0 Å². The second kappa shape index (κ2) is 3.66. The van der Waals surface area contributed by atoms with Crippen LogP contribution in [0.2, 0.25) is 0 Å². The van der Waals surface area contributed by atoms with Crippen molar-refractivity contribution in [2.45, 2.75) is 32.3 Å². The van der Waals surface area contributed by atoms with Gasteiger partial charge in [0.2, 0.25) is 0 Å². The normalized spacial score (nSPS) is 21.7. The summed E-state index contributed by atoms with van der Waals surface area (Å²) >= 11 is 0. The van der Waals surface area contributed by atoms with E-state index in [0.29, 0.717) is 24.7 Å². The molecule has 1 aliphatic rings. The Balaban J connectivity index is 2.20. The van der Waals surface area contributed by atoms with Crippen LogP contribution in [0.3, 0.4) is 0 Å². The minimum absolute atomic E-state index is 0.253. The third kappa shape index (κ3) is 1.74. The molecule has 82 valence electrons. The Morgan fingerprint density at radius 1 is 1.67 bits per heavy atom. The molecule has 1 amide bonds. The Kier molecular flexibility index (Phi) is 2.48. The number of hydrogen-bond donors (Lipinski definition) is 2. The van der Waals surface area contributed by atoms with Gasteiger partial charge in [-0.3, -0.25) is 14.8 Å². The van der Waals surface area contributed by atoms with Crippen LogP contribution >= 0.6 is 0 Å². The maximum absolute atomic E-state index is 11.5. The lowest BCUT2D eigenvalue weighted by molar-refractivity contribution is -0.124. The van der Waals surface area contributed by atoms with Gasteiger partial charge in [0.15, 0.2) is 5.82 Å². The third-order valence-electron chi connectivity index (χ3n) is 2.66. The van der Waals surface area contributed by atoms with Crippen molar-refractivity contribution in [1.29, 1.82) is 0 Å². The summed E-state index contributed by atoms with van der Waals surface area (Å²) in [6.45, 7) is 4.65. The van der Waals surface area contributed by atoms with Crippen LogP contribution in [0.25, 0.3) is 0 Å². The monoisotopic (exact) mass is 209 g/mol. The SMILES string of the molecule is CC(C)c1cc(N2CCC(O)C2=O)n[nH]1. The minimum Gasteiger partial charge on any atom is -0.383 e. The van der Waals surface area contributed by atoms with Gasteiger partial charge in [-0.2, -0.15) is 5.10 Å². The number of H-pyrrole nitrogens is 1. The molecule has 1 fully saturated rings. The van der Waals surface area contributed by atoms with E-state index in [0.717, 1.165) is 5.69 Å². The second-order valence-corrected chi connectivity index (χ2v) is 4.13. The zero-order valence-electron chi connectivity index (χ0n) is 8.90. The van der Waals surface area contributed by atoms with Crippen LogP contribution in [0, 0.1) is 0 Å². The quantitative estimate of drug-likeness (QED) is 0.750. The first-order valence-corrected chi connectivity index (χ1v) is 5.14. The van der Waals surface area contributed by atoms with Gasteiger partial charge in [-0.25, -0.2) is 0 Å². The van der Waals surface area contributed by atoms with Gasteiger partial charge < -0.3 is 5.11 Å². The van der Waals surface area contributed by atoms with Crippen LogP contribution < -0.4 is 4.90 Å². The van der Waals surface area contributed by atoms with Gasteiger partial charge in [0.25, 0.3) is 5.91 Å². The van der Waals surface area contributed by atoms with Crippen molar-refractivity contribution >= 4 is 11.7 Å². The van der Waals surface area contributed by atoms with Gasteiger partial charge in [0.1, 0.15) is 6.10 Å². The van der Waals surface area contributed by atoms with Crippen LogP contribution in [0.15, 0.2) is 6.07 Å². The molecular weight excluding hydrogens is 194 g/mol. The molecule has 5 nitrogen and oxygen atoms in total. The topological polar surface area (TPSA) is 69.2 Å². The maximum atomic E-state index is 11.5. The molecule has 1 aromatic rings. The third-order valence-corrected chi connectivity index (χ3v) is 2.66. The maximum Gasteiger partial charge on any atom is 0.257 e. The van der Waals surface area contributed by atoms with Gasteiger partial charge in [-0.05, 0) is 5.92 Å². The van der Waals surface area contributed by atoms with E-state index in [2.05, 4.69) is 24.0 Å². The van der Waals surface area contributed by atoms with E-state index >= 15 is 0 Å². The number of aromatic nitrogens is 2. The van der Waals surface area contributed by atoms with Crippen LogP contribution in [0.1, 0.15) is 31.9 Å². The number of nitrogens with one attached hydrogen (secondary N) is 1. The first-order chi connectivity index (χ1) is 7.09. The zero-order valence-corrected chi connectivity index (χ0v) is 8.90. The lowest BCUT2D eigenvalue weighted by Gasteiger charge is -2.11. The van der Waals surface area contributed by atoms with Gasteiger partial charge in [0.05, 0.1) is 0 Å². The molecule has 1 unspecified atom stereocenters. The number of aliphatic hydroxyl groups excluding tert-OH is 1. The average molecular weight is 209 g/mol. The zero-order chi connectivity index (χ0) is 11.0. The predicted octanol–water partition coefficient (Wildman–Crippen LogP) is 0.631. The summed E-state index contributed by atoms with van der Waals surface area (Å²) in [5, 5.41) is 16.3. The molecular formula is C10H15N3O2. The molecule has 1 saturated heterocycles. The number of carbonyl (C=O) groups excluding carboxylic acids is 1. The molecule has 0 radical (unpaired) electrons. The van der Waals surface area contributed by atoms with Crippen molar-refractivity contribution in [1.82, 2.24) is 10.2 Å². The number of amides is 1. The molecule has 1 aliphatic heterocycles. The highest BCUT2D eigenvalue weighted by Gasteiger charge is 2.32. The second-order valence-electron chi connectivity index (χ2n) is 4.13. The molecule has 15 heavy (non-hydrogen) atoms. The van der Waals surface area contributed by atoms with Gasteiger partial charge in [0, 0.05) is 24.7 Å². The molecule has 1 aromatic heterocycles. The molecule has 0 spiro atoms. The standard InChI is InChI=1S/C10H15N3O2/c1-6(2)7-5-9(12-11-7)13-4-3-8(14)10(13)15/h5-6,8,14H,3-4H2,1-2H3,(H,11,12). The minimum atomic E-state index is -0.857. The van der Waals surface area contributed by atoms with E-state index < -0.39 is 6.10 Å². The summed E-state index contributed by atoms with van der Waals surface area (Å²) < 4.78 is 0. The van der Waals surface area contributed by atoms with Crippen molar-refractivity contribution in [3.8, 4) is 0 Å². The highest BCUT2D eigenvalue weighted by atomic mass is 16.3. The first-order valence-electron chi connectivity index (χ1n) is 5.14. The molecule has 0 bridgehead atoms. The number of aliphatic hydroxyl groups is 1. The molecule has 2 N–H and O–H groups in total. The summed E-state index contributed by atoms with van der Waals surface area (Å²) in [5.41, 5.74) is 0.999. The molecule has 1 atom stereocenters. The summed E-state index contributed by atoms with van der Waals surface area (Å²) in [4.78, 5) is 13.0. The summed E-state index contributed by atoms with van der Waals surface area (Å²) in [7, 11) is 0. The smallest absolute Gasteiger partial charge is 0.257 e. The van der Waals surface area contributed by atoms with Crippen molar-refractivity contribution in [3.63, 3.8) is 0 Å². The highest BCUT2D eigenvalue weighted by molar-refractivity contribution is 5.97. The summed E-state index contributed by atoms with van der Waals surface area (Å²) in [6.07, 6.45) is -0.368. The van der Waals surface area contributed by atoms with Crippen LogP contribution in [0.4, 0.5) is 5.82 Å². The van der Waals surface area contributed by atoms with Crippen molar-refractivity contribution in [2.75, 3.05) is 11.4 Å². The molecule has 0 aliphatic carbocycles. The number of aromatic amines is 1. The van der Waals surface area contributed by atoms with E-state index in [1.807, 2.05) is 6.07 Å². The van der Waals surface area contributed by atoms with Crippen molar-refractivity contribution in [2.24, 2.45) is 0 Å². The summed E-state index contributed by atoms with van der Waals surface area (Å²) in [6, 6.07) is 1.86. The number of carbonyl (C=O) groups is 1. The summed E-state index contributed by atoms with van der Waals surface area (Å²) in [5.74, 6) is 0.714. The lowest BCUT2D eigenvalue weighted by Crippen LogP contribution is -2.29. The molecule has 5 heteroatoms.